The van der Waals surface area contributed by atoms with E-state index in [2.05, 4.69) is 64.8 Å². The number of ether oxygens (including phenoxy) is 1. The van der Waals surface area contributed by atoms with Gasteiger partial charge in [0.15, 0.2) is 5.82 Å². The van der Waals surface area contributed by atoms with Crippen LogP contribution in [0.25, 0.3) is 21.9 Å². The lowest BCUT2D eigenvalue weighted by molar-refractivity contribution is 0.309. The minimum atomic E-state index is 0.307. The number of nitrogens with zero attached hydrogens (tertiary/aromatic N) is 3. The molecule has 4 aromatic rings. The number of hydrogen-bond donors (Lipinski definition) is 1. The molecule has 4 rings (SSSR count). The Kier molecular flexibility index (Phi) is 6.70. The normalized spacial score (nSPS) is 12.5. The Morgan fingerprint density at radius 1 is 1.00 bits per heavy atom. The molecule has 0 unspecified atom stereocenters. The van der Waals surface area contributed by atoms with E-state index in [1.165, 1.54) is 12.0 Å². The molecule has 162 valence electrons. The summed E-state index contributed by atoms with van der Waals surface area (Å²) in [5, 5.41) is 1.10. The highest BCUT2D eigenvalue weighted by atomic mass is 16.5. The van der Waals surface area contributed by atoms with E-state index in [-0.39, 0.29) is 0 Å². The lowest BCUT2D eigenvalue weighted by Gasteiger charge is -2.20. The van der Waals surface area contributed by atoms with Gasteiger partial charge >= 0.3 is 0 Å². The molecule has 0 saturated heterocycles. The average molecular weight is 417 g/mol. The SMILES string of the molecule is CCCCOc1ccc(C[C@@H](CCCC)n2cnc3c(N)nc4ccccc4c32)cc1. The summed E-state index contributed by atoms with van der Waals surface area (Å²) in [5.41, 5.74) is 10.3. The standard InChI is InChI=1S/C26H32N4O/c1-3-5-9-20(17-19-12-14-21(15-13-19)31-16-6-4-2)30-18-28-24-25(30)22-10-7-8-11-23(22)29-26(24)27/h7-8,10-15,18,20H,3-6,9,16-17H2,1-2H3,(H2,27,29)/t20-/m1/s1. The molecule has 0 radical (unpaired) electrons. The quantitative estimate of drug-likeness (QED) is 0.307. The lowest BCUT2D eigenvalue weighted by atomic mass is 10.00. The Labute approximate surface area is 184 Å². The molecule has 0 fully saturated rings. The maximum absolute atomic E-state index is 6.25. The summed E-state index contributed by atoms with van der Waals surface area (Å²) in [6.07, 6.45) is 8.53. The van der Waals surface area contributed by atoms with Crippen molar-refractivity contribution in [2.75, 3.05) is 12.3 Å². The van der Waals surface area contributed by atoms with E-state index in [1.807, 2.05) is 18.5 Å². The van der Waals surface area contributed by atoms with E-state index < -0.39 is 0 Å². The van der Waals surface area contributed by atoms with Crippen molar-refractivity contribution in [2.24, 2.45) is 0 Å². The molecular formula is C26H32N4O. The zero-order chi connectivity index (χ0) is 21.6. The number of nitrogen functional groups attached to an aromatic ring is 1. The molecule has 0 bridgehead atoms. The van der Waals surface area contributed by atoms with E-state index in [0.29, 0.717) is 11.9 Å². The maximum Gasteiger partial charge on any atom is 0.152 e. The lowest BCUT2D eigenvalue weighted by Crippen LogP contribution is -2.12. The third-order valence-electron chi connectivity index (χ3n) is 5.88. The summed E-state index contributed by atoms with van der Waals surface area (Å²) in [6, 6.07) is 17.0. The number of imidazole rings is 1. The predicted molar refractivity (Wildman–Crippen MR) is 129 cm³/mol. The van der Waals surface area contributed by atoms with Crippen LogP contribution in [0.15, 0.2) is 54.9 Å². The molecule has 0 aliphatic carbocycles. The van der Waals surface area contributed by atoms with Gasteiger partial charge in [-0.15, -0.1) is 0 Å². The van der Waals surface area contributed by atoms with Crippen molar-refractivity contribution in [3.63, 3.8) is 0 Å². The fourth-order valence-electron chi connectivity index (χ4n) is 4.15. The second-order valence-corrected chi connectivity index (χ2v) is 8.21. The molecule has 5 heteroatoms. The first-order valence-electron chi connectivity index (χ1n) is 11.4. The Bertz CT molecular complexity index is 1130. The number of aromatic nitrogens is 3. The van der Waals surface area contributed by atoms with Gasteiger partial charge in [-0.05, 0) is 43.0 Å². The van der Waals surface area contributed by atoms with Crippen molar-refractivity contribution in [2.45, 2.75) is 58.4 Å². The highest BCUT2D eigenvalue weighted by Gasteiger charge is 2.19. The van der Waals surface area contributed by atoms with Gasteiger partial charge in [0.05, 0.1) is 24.0 Å². The first-order chi connectivity index (χ1) is 15.2. The number of unbranched alkanes of at least 4 members (excludes halogenated alkanes) is 2. The van der Waals surface area contributed by atoms with Gasteiger partial charge in [-0.1, -0.05) is 63.4 Å². The van der Waals surface area contributed by atoms with Crippen molar-refractivity contribution < 1.29 is 4.74 Å². The van der Waals surface area contributed by atoms with Crippen LogP contribution in [0.5, 0.6) is 5.75 Å². The molecule has 2 aromatic heterocycles. The summed E-state index contributed by atoms with van der Waals surface area (Å²) in [5.74, 6) is 1.44. The Morgan fingerprint density at radius 2 is 1.77 bits per heavy atom. The van der Waals surface area contributed by atoms with Crippen molar-refractivity contribution in [3.05, 3.63) is 60.4 Å². The molecule has 0 saturated carbocycles. The summed E-state index contributed by atoms with van der Waals surface area (Å²) >= 11 is 0. The minimum Gasteiger partial charge on any atom is -0.494 e. The van der Waals surface area contributed by atoms with Crippen molar-refractivity contribution in [1.82, 2.24) is 14.5 Å². The van der Waals surface area contributed by atoms with E-state index >= 15 is 0 Å². The number of anilines is 1. The topological polar surface area (TPSA) is 66.0 Å². The molecule has 0 amide bonds. The van der Waals surface area contributed by atoms with E-state index in [1.54, 1.807) is 0 Å². The minimum absolute atomic E-state index is 0.307. The van der Waals surface area contributed by atoms with Crippen LogP contribution in [0.1, 0.15) is 57.6 Å². The van der Waals surface area contributed by atoms with E-state index in [4.69, 9.17) is 10.5 Å². The largest absolute Gasteiger partial charge is 0.494 e. The van der Waals surface area contributed by atoms with Gasteiger partial charge in [0.25, 0.3) is 0 Å². The van der Waals surface area contributed by atoms with Crippen LogP contribution in [0.3, 0.4) is 0 Å². The number of rotatable bonds is 10. The van der Waals surface area contributed by atoms with Crippen LogP contribution in [0, 0.1) is 0 Å². The van der Waals surface area contributed by atoms with Gasteiger partial charge in [0, 0.05) is 11.4 Å². The second-order valence-electron chi connectivity index (χ2n) is 8.21. The Balaban J connectivity index is 1.66. The van der Waals surface area contributed by atoms with Crippen LogP contribution >= 0.6 is 0 Å². The predicted octanol–water partition coefficient (Wildman–Crippen LogP) is 6.32. The van der Waals surface area contributed by atoms with Crippen LogP contribution in [-0.2, 0) is 6.42 Å². The Hall–Kier alpha value is -3.08. The van der Waals surface area contributed by atoms with Gasteiger partial charge in [-0.25, -0.2) is 9.97 Å². The number of benzene rings is 2. The zero-order valence-corrected chi connectivity index (χ0v) is 18.6. The van der Waals surface area contributed by atoms with Gasteiger partial charge in [0.1, 0.15) is 11.3 Å². The molecule has 0 spiro atoms. The fraction of sp³-hybridized carbons (Fsp3) is 0.385. The third-order valence-corrected chi connectivity index (χ3v) is 5.88. The summed E-state index contributed by atoms with van der Waals surface area (Å²) in [7, 11) is 0. The average Bonchev–Trinajstić information content (AvgIpc) is 3.24. The molecule has 2 heterocycles. The van der Waals surface area contributed by atoms with Crippen molar-refractivity contribution in [1.29, 1.82) is 0 Å². The first-order valence-corrected chi connectivity index (χ1v) is 11.4. The molecule has 1 atom stereocenters. The molecule has 5 nitrogen and oxygen atoms in total. The van der Waals surface area contributed by atoms with Crippen LogP contribution in [-0.4, -0.2) is 21.1 Å². The summed E-state index contributed by atoms with van der Waals surface area (Å²) in [4.78, 5) is 9.20. The van der Waals surface area contributed by atoms with Gasteiger partial charge in [0.2, 0.25) is 0 Å². The maximum atomic E-state index is 6.25. The summed E-state index contributed by atoms with van der Waals surface area (Å²) in [6.45, 7) is 5.19. The second kappa shape index (κ2) is 9.82. The monoisotopic (exact) mass is 416 g/mol. The first kappa shape index (κ1) is 21.2. The Morgan fingerprint density at radius 3 is 2.55 bits per heavy atom. The van der Waals surface area contributed by atoms with Gasteiger partial charge in [-0.2, -0.15) is 0 Å². The van der Waals surface area contributed by atoms with Crippen molar-refractivity contribution in [3.8, 4) is 5.75 Å². The number of fused-ring (bicyclic) bond motifs is 3. The highest BCUT2D eigenvalue weighted by Crippen LogP contribution is 2.32. The fourth-order valence-corrected chi connectivity index (χ4v) is 4.15. The van der Waals surface area contributed by atoms with Crippen LogP contribution in [0.2, 0.25) is 0 Å². The molecule has 0 aliphatic heterocycles. The van der Waals surface area contributed by atoms with E-state index in [9.17, 15) is 0 Å². The van der Waals surface area contributed by atoms with E-state index in [0.717, 1.165) is 66.4 Å². The number of para-hydroxylation sites is 1. The number of pyridine rings is 1. The van der Waals surface area contributed by atoms with Gasteiger partial charge in [-0.3, -0.25) is 0 Å². The van der Waals surface area contributed by atoms with Crippen LogP contribution in [0.4, 0.5) is 5.82 Å². The van der Waals surface area contributed by atoms with Crippen molar-refractivity contribution >= 4 is 27.8 Å². The molecule has 31 heavy (non-hydrogen) atoms. The number of nitrogens with two attached hydrogens (primary N) is 1. The molecule has 2 N–H and O–H groups in total. The van der Waals surface area contributed by atoms with Crippen LogP contribution < -0.4 is 10.5 Å². The highest BCUT2D eigenvalue weighted by molar-refractivity contribution is 6.06. The third kappa shape index (κ3) is 4.66. The molecular weight excluding hydrogens is 384 g/mol. The summed E-state index contributed by atoms with van der Waals surface area (Å²) < 4.78 is 8.14. The number of hydrogen-bond acceptors (Lipinski definition) is 4. The molecule has 0 aliphatic rings. The zero-order valence-electron chi connectivity index (χ0n) is 18.6. The smallest absolute Gasteiger partial charge is 0.152 e. The molecule has 2 aromatic carbocycles. The van der Waals surface area contributed by atoms with Gasteiger partial charge < -0.3 is 15.0 Å².